The van der Waals surface area contributed by atoms with Crippen molar-refractivity contribution in [3.05, 3.63) is 54.1 Å². The van der Waals surface area contributed by atoms with E-state index < -0.39 is 0 Å². The Morgan fingerprint density at radius 2 is 1.96 bits per heavy atom. The Labute approximate surface area is 160 Å². The van der Waals surface area contributed by atoms with E-state index in [9.17, 15) is 4.79 Å². The fourth-order valence-electron chi connectivity index (χ4n) is 3.46. The highest BCUT2D eigenvalue weighted by atomic mass is 16.5. The molecule has 1 amide bonds. The maximum atomic E-state index is 12.6. The van der Waals surface area contributed by atoms with Gasteiger partial charge in [-0.3, -0.25) is 4.79 Å². The fourth-order valence-corrected chi connectivity index (χ4v) is 3.46. The Morgan fingerprint density at radius 1 is 1.22 bits per heavy atom. The summed E-state index contributed by atoms with van der Waals surface area (Å²) < 4.78 is 5.46. The minimum absolute atomic E-state index is 0.0224. The quantitative estimate of drug-likeness (QED) is 0.838. The standard InChI is InChI=1S/C21H24N4O2/c1-16(21(26)23-18-7-5-6-17(14-18)15-22)24-10-12-25(13-11-24)19-8-3-4-9-20(19)27-2/h3-9,14,16H,10-13H2,1-2H3,(H,23,26)/p+1/t16-/m0/s1. The van der Waals surface area contributed by atoms with Crippen molar-refractivity contribution >= 4 is 17.3 Å². The van der Waals surface area contributed by atoms with E-state index in [0.717, 1.165) is 37.6 Å². The Bertz CT molecular complexity index is 838. The van der Waals surface area contributed by atoms with E-state index in [0.29, 0.717) is 11.3 Å². The van der Waals surface area contributed by atoms with Crippen LogP contribution in [0.4, 0.5) is 11.4 Å². The van der Waals surface area contributed by atoms with Gasteiger partial charge in [-0.1, -0.05) is 18.2 Å². The molecule has 2 N–H and O–H groups in total. The first kappa shape index (κ1) is 18.7. The maximum Gasteiger partial charge on any atom is 0.282 e. The van der Waals surface area contributed by atoms with Crippen LogP contribution in [-0.4, -0.2) is 45.2 Å². The van der Waals surface area contributed by atoms with E-state index in [1.807, 2.05) is 25.1 Å². The smallest absolute Gasteiger partial charge is 0.282 e. The first-order valence-corrected chi connectivity index (χ1v) is 9.16. The molecule has 6 heteroatoms. The van der Waals surface area contributed by atoms with Crippen LogP contribution in [0.2, 0.25) is 0 Å². The lowest BCUT2D eigenvalue weighted by Gasteiger charge is -2.36. The number of benzene rings is 2. The number of piperazine rings is 1. The first-order chi connectivity index (χ1) is 13.1. The molecule has 1 aliphatic heterocycles. The third kappa shape index (κ3) is 4.39. The molecule has 0 radical (unpaired) electrons. The maximum absolute atomic E-state index is 12.6. The topological polar surface area (TPSA) is 69.8 Å². The van der Waals surface area contributed by atoms with E-state index >= 15 is 0 Å². The number of carbonyl (C=O) groups is 1. The molecule has 0 aromatic heterocycles. The summed E-state index contributed by atoms with van der Waals surface area (Å²) in [6.07, 6.45) is 0. The molecule has 2 aromatic rings. The van der Waals surface area contributed by atoms with Gasteiger partial charge in [0.05, 0.1) is 50.6 Å². The van der Waals surface area contributed by atoms with Crippen LogP contribution in [0.5, 0.6) is 5.75 Å². The van der Waals surface area contributed by atoms with Crippen molar-refractivity contribution in [2.45, 2.75) is 13.0 Å². The molecule has 1 fully saturated rings. The largest absolute Gasteiger partial charge is 0.495 e. The van der Waals surface area contributed by atoms with Crippen LogP contribution >= 0.6 is 0 Å². The molecule has 1 heterocycles. The lowest BCUT2D eigenvalue weighted by atomic mass is 10.1. The van der Waals surface area contributed by atoms with Crippen molar-refractivity contribution in [3.8, 4) is 11.8 Å². The van der Waals surface area contributed by atoms with Gasteiger partial charge in [0.25, 0.3) is 5.91 Å². The molecule has 0 spiro atoms. The van der Waals surface area contributed by atoms with Gasteiger partial charge in [0, 0.05) is 5.69 Å². The van der Waals surface area contributed by atoms with Gasteiger partial charge >= 0.3 is 0 Å². The summed E-state index contributed by atoms with van der Waals surface area (Å²) in [7, 11) is 1.69. The second kappa shape index (κ2) is 8.56. The minimum Gasteiger partial charge on any atom is -0.495 e. The van der Waals surface area contributed by atoms with Crippen molar-refractivity contribution in [2.75, 3.05) is 43.5 Å². The van der Waals surface area contributed by atoms with Crippen LogP contribution < -0.4 is 19.9 Å². The molecule has 27 heavy (non-hydrogen) atoms. The van der Waals surface area contributed by atoms with Crippen LogP contribution in [0.25, 0.3) is 0 Å². The molecule has 0 bridgehead atoms. The summed E-state index contributed by atoms with van der Waals surface area (Å²) in [5.41, 5.74) is 2.31. The number of methoxy groups -OCH3 is 1. The van der Waals surface area contributed by atoms with Crippen LogP contribution in [0.3, 0.4) is 0 Å². The molecule has 6 nitrogen and oxygen atoms in total. The van der Waals surface area contributed by atoms with Gasteiger partial charge in [0.1, 0.15) is 5.75 Å². The number of nitrogens with one attached hydrogen (secondary N) is 2. The van der Waals surface area contributed by atoms with Crippen molar-refractivity contribution in [2.24, 2.45) is 0 Å². The van der Waals surface area contributed by atoms with Crippen molar-refractivity contribution < 1.29 is 14.4 Å². The van der Waals surface area contributed by atoms with Crippen LogP contribution in [-0.2, 0) is 4.79 Å². The van der Waals surface area contributed by atoms with E-state index in [1.54, 1.807) is 31.4 Å². The number of hydrogen-bond donors (Lipinski definition) is 2. The van der Waals surface area contributed by atoms with Crippen LogP contribution in [0, 0.1) is 11.3 Å². The average molecular weight is 365 g/mol. The van der Waals surface area contributed by atoms with Gasteiger partial charge in [-0.05, 0) is 37.3 Å². The summed E-state index contributed by atoms with van der Waals surface area (Å²) in [5, 5.41) is 11.9. The highest BCUT2D eigenvalue weighted by molar-refractivity contribution is 5.93. The van der Waals surface area contributed by atoms with Crippen molar-refractivity contribution in [1.82, 2.24) is 0 Å². The molecule has 1 aliphatic rings. The number of para-hydroxylation sites is 2. The minimum atomic E-state index is -0.157. The van der Waals surface area contributed by atoms with Gasteiger partial charge in [0.15, 0.2) is 6.04 Å². The highest BCUT2D eigenvalue weighted by Gasteiger charge is 2.30. The third-order valence-electron chi connectivity index (χ3n) is 5.10. The number of quaternary nitrogens is 1. The van der Waals surface area contributed by atoms with Gasteiger partial charge in [-0.25, -0.2) is 0 Å². The summed E-state index contributed by atoms with van der Waals surface area (Å²) in [5.74, 6) is 0.856. The Hall–Kier alpha value is -3.04. The molecular formula is C21H25N4O2+. The number of anilines is 2. The second-order valence-electron chi connectivity index (χ2n) is 6.72. The lowest BCUT2D eigenvalue weighted by Crippen LogP contribution is -3.19. The monoisotopic (exact) mass is 365 g/mol. The van der Waals surface area contributed by atoms with Crippen LogP contribution in [0.15, 0.2) is 48.5 Å². The zero-order chi connectivity index (χ0) is 19.2. The molecule has 2 aromatic carbocycles. The van der Waals surface area contributed by atoms with Crippen LogP contribution in [0.1, 0.15) is 12.5 Å². The summed E-state index contributed by atoms with van der Waals surface area (Å²) in [6.45, 7) is 5.46. The van der Waals surface area contributed by atoms with Crippen molar-refractivity contribution in [1.29, 1.82) is 5.26 Å². The van der Waals surface area contributed by atoms with Crippen molar-refractivity contribution in [3.63, 3.8) is 0 Å². The molecule has 0 saturated carbocycles. The summed E-state index contributed by atoms with van der Waals surface area (Å²) >= 11 is 0. The second-order valence-corrected chi connectivity index (χ2v) is 6.72. The first-order valence-electron chi connectivity index (χ1n) is 9.16. The predicted octanol–water partition coefficient (Wildman–Crippen LogP) is 1.30. The number of rotatable bonds is 5. The van der Waals surface area contributed by atoms with Gasteiger partial charge in [-0.2, -0.15) is 5.26 Å². The zero-order valence-electron chi connectivity index (χ0n) is 15.7. The Balaban J connectivity index is 1.58. The van der Waals surface area contributed by atoms with Gasteiger partial charge < -0.3 is 19.9 Å². The number of nitrogens with zero attached hydrogens (tertiary/aromatic N) is 2. The molecule has 0 aliphatic carbocycles. The normalized spacial score (nSPS) is 15.7. The zero-order valence-corrected chi connectivity index (χ0v) is 15.7. The molecule has 0 unspecified atom stereocenters. The lowest BCUT2D eigenvalue weighted by molar-refractivity contribution is -0.914. The van der Waals surface area contributed by atoms with E-state index in [4.69, 9.17) is 10.00 Å². The summed E-state index contributed by atoms with van der Waals surface area (Å²) in [4.78, 5) is 16.2. The van der Waals surface area contributed by atoms with E-state index in [2.05, 4.69) is 22.4 Å². The van der Waals surface area contributed by atoms with E-state index in [1.165, 1.54) is 4.90 Å². The number of ether oxygens (including phenoxy) is 1. The van der Waals surface area contributed by atoms with Gasteiger partial charge in [-0.15, -0.1) is 0 Å². The highest BCUT2D eigenvalue weighted by Crippen LogP contribution is 2.27. The number of carbonyl (C=O) groups excluding carboxylic acids is 1. The number of nitriles is 1. The summed E-state index contributed by atoms with van der Waals surface area (Å²) in [6, 6.07) is 17.0. The molecule has 140 valence electrons. The number of amides is 1. The van der Waals surface area contributed by atoms with Gasteiger partial charge in [0.2, 0.25) is 0 Å². The molecule has 1 saturated heterocycles. The Morgan fingerprint density at radius 3 is 2.67 bits per heavy atom. The molecule has 3 rings (SSSR count). The van der Waals surface area contributed by atoms with E-state index in [-0.39, 0.29) is 11.9 Å². The fraction of sp³-hybridized carbons (Fsp3) is 0.333. The molecular weight excluding hydrogens is 340 g/mol. The average Bonchev–Trinajstić information content (AvgIpc) is 2.73. The molecule has 1 atom stereocenters. The number of hydrogen-bond acceptors (Lipinski definition) is 4. The predicted molar refractivity (Wildman–Crippen MR) is 105 cm³/mol. The SMILES string of the molecule is COc1ccccc1N1CC[NH+]([C@@H](C)C(=O)Nc2cccc(C#N)c2)CC1. The third-order valence-corrected chi connectivity index (χ3v) is 5.10. The Kier molecular flexibility index (Phi) is 5.94.